The van der Waals surface area contributed by atoms with Crippen molar-refractivity contribution < 1.29 is 14.3 Å². The molecule has 0 aliphatic heterocycles. The van der Waals surface area contributed by atoms with Crippen LogP contribution in [0.3, 0.4) is 0 Å². The molecular weight excluding hydrogens is 216 g/mol. The minimum atomic E-state index is -0.401. The van der Waals surface area contributed by atoms with Crippen LogP contribution in [-0.2, 0) is 16.0 Å². The normalized spacial score (nSPS) is 9.76. The molecule has 1 aromatic rings. The molecule has 1 aromatic carbocycles. The van der Waals surface area contributed by atoms with Gasteiger partial charge in [-0.3, -0.25) is 0 Å². The number of hydrogen-bond acceptors (Lipinski definition) is 3. The Bertz CT molecular complexity index is 396. The Morgan fingerprint density at radius 2 is 2.00 bits per heavy atom. The molecule has 3 nitrogen and oxygen atoms in total. The average molecular weight is 234 g/mol. The molecule has 92 valence electrons. The number of aryl methyl sites for hydroxylation is 1. The molecule has 0 aromatic heterocycles. The third-order valence-corrected chi connectivity index (χ3v) is 2.32. The quantitative estimate of drug-likeness (QED) is 0.561. The van der Waals surface area contributed by atoms with Crippen molar-refractivity contribution in [1.29, 1.82) is 0 Å². The summed E-state index contributed by atoms with van der Waals surface area (Å²) in [5.74, 6) is 0.391. The van der Waals surface area contributed by atoms with Crippen molar-refractivity contribution in [3.05, 3.63) is 42.0 Å². The van der Waals surface area contributed by atoms with Gasteiger partial charge < -0.3 is 9.47 Å². The molecule has 0 unspecified atom stereocenters. The molecular formula is C14H18O3. The first-order chi connectivity index (χ1) is 8.19. The molecule has 0 amide bonds. The van der Waals surface area contributed by atoms with E-state index in [4.69, 9.17) is 9.47 Å². The van der Waals surface area contributed by atoms with E-state index in [1.165, 1.54) is 0 Å². The number of para-hydroxylation sites is 1. The zero-order chi connectivity index (χ0) is 12.7. The maximum atomic E-state index is 11.3. The van der Waals surface area contributed by atoms with E-state index >= 15 is 0 Å². The lowest BCUT2D eigenvalue weighted by Gasteiger charge is -2.11. The predicted molar refractivity (Wildman–Crippen MR) is 67.1 cm³/mol. The molecule has 1 rings (SSSR count). The van der Waals surface area contributed by atoms with Crippen LogP contribution in [0.2, 0.25) is 0 Å². The molecule has 17 heavy (non-hydrogen) atoms. The molecule has 0 heterocycles. The largest absolute Gasteiger partial charge is 0.488 e. The standard InChI is InChI=1S/C14H18O3/c1-4-12-8-6-7-9-13(12)17-10-11(3)14(15)16-5-2/h6-9H,3-5,10H2,1-2H3. The average Bonchev–Trinajstić information content (AvgIpc) is 2.36. The van der Waals surface area contributed by atoms with Crippen LogP contribution in [0.5, 0.6) is 5.75 Å². The van der Waals surface area contributed by atoms with Crippen molar-refractivity contribution in [2.45, 2.75) is 20.3 Å². The lowest BCUT2D eigenvalue weighted by atomic mass is 10.1. The molecule has 0 aliphatic carbocycles. The second kappa shape index (κ2) is 6.74. The number of ether oxygens (including phenoxy) is 2. The van der Waals surface area contributed by atoms with Gasteiger partial charge in [0.05, 0.1) is 12.2 Å². The van der Waals surface area contributed by atoms with Crippen molar-refractivity contribution >= 4 is 5.97 Å². The van der Waals surface area contributed by atoms with Gasteiger partial charge in [-0.15, -0.1) is 0 Å². The van der Waals surface area contributed by atoms with Gasteiger partial charge in [-0.25, -0.2) is 4.79 Å². The van der Waals surface area contributed by atoms with Gasteiger partial charge in [-0.2, -0.15) is 0 Å². The molecule has 0 N–H and O–H groups in total. The summed E-state index contributed by atoms with van der Waals surface area (Å²) in [6.07, 6.45) is 0.891. The Balaban J connectivity index is 2.55. The molecule has 0 spiro atoms. The Labute approximate surface area is 102 Å². The molecule has 0 atom stereocenters. The first-order valence-corrected chi connectivity index (χ1v) is 5.74. The number of hydrogen-bond donors (Lipinski definition) is 0. The summed E-state index contributed by atoms with van der Waals surface area (Å²) in [6, 6.07) is 7.76. The molecule has 0 radical (unpaired) electrons. The zero-order valence-electron chi connectivity index (χ0n) is 10.4. The highest BCUT2D eigenvalue weighted by Crippen LogP contribution is 2.18. The highest BCUT2D eigenvalue weighted by atomic mass is 16.5. The van der Waals surface area contributed by atoms with E-state index in [1.54, 1.807) is 6.92 Å². The number of carbonyl (C=O) groups is 1. The van der Waals surface area contributed by atoms with Gasteiger partial charge in [0.25, 0.3) is 0 Å². The highest BCUT2D eigenvalue weighted by Gasteiger charge is 2.09. The molecule has 0 fully saturated rings. The summed E-state index contributed by atoms with van der Waals surface area (Å²) in [6.45, 7) is 7.98. The molecule has 0 saturated heterocycles. The van der Waals surface area contributed by atoms with Crippen molar-refractivity contribution in [2.75, 3.05) is 13.2 Å². The van der Waals surface area contributed by atoms with Crippen LogP contribution in [0.4, 0.5) is 0 Å². The monoisotopic (exact) mass is 234 g/mol. The predicted octanol–water partition coefficient (Wildman–Crippen LogP) is 2.75. The number of esters is 1. The van der Waals surface area contributed by atoms with Crippen LogP contribution in [0, 0.1) is 0 Å². The van der Waals surface area contributed by atoms with E-state index in [1.807, 2.05) is 24.3 Å². The van der Waals surface area contributed by atoms with Crippen LogP contribution in [0.15, 0.2) is 36.4 Å². The maximum Gasteiger partial charge on any atom is 0.336 e. The van der Waals surface area contributed by atoms with E-state index in [-0.39, 0.29) is 6.61 Å². The van der Waals surface area contributed by atoms with Gasteiger partial charge in [0.15, 0.2) is 0 Å². The fourth-order valence-electron chi connectivity index (χ4n) is 1.39. The Morgan fingerprint density at radius 3 is 2.65 bits per heavy atom. The van der Waals surface area contributed by atoms with Gasteiger partial charge in [-0.1, -0.05) is 31.7 Å². The highest BCUT2D eigenvalue weighted by molar-refractivity contribution is 5.88. The molecule has 0 saturated carbocycles. The Hall–Kier alpha value is -1.77. The zero-order valence-corrected chi connectivity index (χ0v) is 10.4. The lowest BCUT2D eigenvalue weighted by Crippen LogP contribution is -2.13. The first-order valence-electron chi connectivity index (χ1n) is 5.74. The second-order valence-electron chi connectivity index (χ2n) is 3.57. The van der Waals surface area contributed by atoms with E-state index in [9.17, 15) is 4.79 Å². The fraction of sp³-hybridized carbons (Fsp3) is 0.357. The van der Waals surface area contributed by atoms with Gasteiger partial charge in [0.1, 0.15) is 12.4 Å². The second-order valence-corrected chi connectivity index (χ2v) is 3.57. The number of rotatable bonds is 6. The van der Waals surface area contributed by atoms with E-state index in [0.717, 1.165) is 17.7 Å². The lowest BCUT2D eigenvalue weighted by molar-refractivity contribution is -0.138. The van der Waals surface area contributed by atoms with Crippen LogP contribution >= 0.6 is 0 Å². The summed E-state index contributed by atoms with van der Waals surface area (Å²) >= 11 is 0. The van der Waals surface area contributed by atoms with Crippen LogP contribution in [0.1, 0.15) is 19.4 Å². The molecule has 3 heteroatoms. The van der Waals surface area contributed by atoms with Gasteiger partial charge >= 0.3 is 5.97 Å². The van der Waals surface area contributed by atoms with Crippen LogP contribution in [0.25, 0.3) is 0 Å². The number of benzene rings is 1. The first kappa shape index (κ1) is 13.3. The third-order valence-electron chi connectivity index (χ3n) is 2.32. The van der Waals surface area contributed by atoms with Crippen LogP contribution in [-0.4, -0.2) is 19.2 Å². The van der Waals surface area contributed by atoms with Crippen LogP contribution < -0.4 is 4.74 Å². The number of carbonyl (C=O) groups excluding carboxylic acids is 1. The molecule has 0 aliphatic rings. The van der Waals surface area contributed by atoms with E-state index in [2.05, 4.69) is 13.5 Å². The van der Waals surface area contributed by atoms with E-state index < -0.39 is 5.97 Å². The van der Waals surface area contributed by atoms with Crippen molar-refractivity contribution in [3.63, 3.8) is 0 Å². The maximum absolute atomic E-state index is 11.3. The topological polar surface area (TPSA) is 35.5 Å². The minimum absolute atomic E-state index is 0.163. The molecule has 0 bridgehead atoms. The minimum Gasteiger partial charge on any atom is -0.488 e. The van der Waals surface area contributed by atoms with Gasteiger partial charge in [0, 0.05) is 0 Å². The summed E-state index contributed by atoms with van der Waals surface area (Å²) < 4.78 is 10.4. The summed E-state index contributed by atoms with van der Waals surface area (Å²) in [5, 5.41) is 0. The SMILES string of the molecule is C=C(COc1ccccc1CC)C(=O)OCC. The van der Waals surface area contributed by atoms with Crippen molar-refractivity contribution in [3.8, 4) is 5.75 Å². The smallest absolute Gasteiger partial charge is 0.336 e. The summed E-state index contributed by atoms with van der Waals surface area (Å²) in [5.41, 5.74) is 1.45. The Morgan fingerprint density at radius 1 is 1.29 bits per heavy atom. The summed E-state index contributed by atoms with van der Waals surface area (Å²) in [4.78, 5) is 11.3. The van der Waals surface area contributed by atoms with Crippen molar-refractivity contribution in [2.24, 2.45) is 0 Å². The van der Waals surface area contributed by atoms with Gasteiger partial charge in [0.2, 0.25) is 0 Å². The summed E-state index contributed by atoms with van der Waals surface area (Å²) in [7, 11) is 0. The Kier molecular flexibility index (Phi) is 5.27. The third kappa shape index (κ3) is 3.94. The van der Waals surface area contributed by atoms with E-state index in [0.29, 0.717) is 12.2 Å². The fourth-order valence-corrected chi connectivity index (χ4v) is 1.39. The van der Waals surface area contributed by atoms with Crippen molar-refractivity contribution in [1.82, 2.24) is 0 Å². The van der Waals surface area contributed by atoms with Gasteiger partial charge in [-0.05, 0) is 25.0 Å².